The number of hydrogen-bond acceptors (Lipinski definition) is 2. The van der Waals surface area contributed by atoms with E-state index in [1.807, 2.05) is 24.3 Å². The maximum Gasteiger partial charge on any atom is 0.160 e. The fraction of sp³-hybridized carbons (Fsp3) is 0.0667. The lowest BCUT2D eigenvalue weighted by Crippen LogP contribution is -2.14. The van der Waals surface area contributed by atoms with Gasteiger partial charge in [0.2, 0.25) is 0 Å². The van der Waals surface area contributed by atoms with Gasteiger partial charge < -0.3 is 0 Å². The Kier molecular flexibility index (Phi) is 6.20. The Morgan fingerprint density at radius 1 is 0.383 bits per heavy atom. The summed E-state index contributed by atoms with van der Waals surface area (Å²) in [6.45, 7) is 4.68. The second-order valence-corrected chi connectivity index (χ2v) is 13.1. The van der Waals surface area contributed by atoms with Gasteiger partial charge in [0.05, 0.1) is 11.4 Å². The van der Waals surface area contributed by atoms with E-state index in [9.17, 15) is 0 Å². The number of fused-ring (bicyclic) bond motifs is 6. The van der Waals surface area contributed by atoms with E-state index in [0.29, 0.717) is 0 Å². The van der Waals surface area contributed by atoms with Crippen LogP contribution in [0, 0.1) is 0 Å². The maximum absolute atomic E-state index is 5.15. The van der Waals surface area contributed by atoms with E-state index >= 15 is 0 Å². The van der Waals surface area contributed by atoms with Crippen molar-refractivity contribution in [2.75, 3.05) is 0 Å². The number of aromatic nitrogens is 2. The van der Waals surface area contributed by atoms with Crippen LogP contribution in [0.5, 0.6) is 0 Å². The normalized spacial score (nSPS) is 13.1. The lowest BCUT2D eigenvalue weighted by Gasteiger charge is -2.21. The average molecular weight is 601 g/mol. The summed E-state index contributed by atoms with van der Waals surface area (Å²) in [7, 11) is 0. The molecule has 8 aromatic rings. The SMILES string of the molecule is CC1(C)c2ccccc2-c2cc3c(ccc4ccc(-c5cc(-c6ccc(-c7ccccc7)cc6)nc(-c6ccccc6)n5)cc43)cc21. The molecular weight excluding hydrogens is 569 g/mol. The molecule has 9 rings (SSSR count). The fourth-order valence-corrected chi connectivity index (χ4v) is 7.33. The monoisotopic (exact) mass is 600 g/mol. The van der Waals surface area contributed by atoms with E-state index in [4.69, 9.17) is 9.97 Å². The van der Waals surface area contributed by atoms with Crippen LogP contribution in [0.1, 0.15) is 25.0 Å². The van der Waals surface area contributed by atoms with Gasteiger partial charge in [-0.15, -0.1) is 0 Å². The van der Waals surface area contributed by atoms with Gasteiger partial charge in [0, 0.05) is 22.1 Å². The van der Waals surface area contributed by atoms with Gasteiger partial charge in [-0.2, -0.15) is 0 Å². The summed E-state index contributed by atoms with van der Waals surface area (Å²) >= 11 is 0. The molecule has 222 valence electrons. The van der Waals surface area contributed by atoms with E-state index in [0.717, 1.165) is 33.9 Å². The van der Waals surface area contributed by atoms with Crippen molar-refractivity contribution in [2.24, 2.45) is 0 Å². The molecule has 7 aromatic carbocycles. The van der Waals surface area contributed by atoms with Crippen LogP contribution in [0.4, 0.5) is 0 Å². The van der Waals surface area contributed by atoms with Crippen LogP contribution >= 0.6 is 0 Å². The van der Waals surface area contributed by atoms with Crippen molar-refractivity contribution in [1.29, 1.82) is 0 Å². The molecule has 0 bridgehead atoms. The molecule has 0 unspecified atom stereocenters. The van der Waals surface area contributed by atoms with Crippen molar-refractivity contribution in [3.63, 3.8) is 0 Å². The van der Waals surface area contributed by atoms with E-state index in [1.165, 1.54) is 54.9 Å². The molecule has 0 saturated heterocycles. The number of nitrogens with zero attached hydrogens (tertiary/aromatic N) is 2. The Labute approximate surface area is 275 Å². The molecule has 1 aromatic heterocycles. The predicted octanol–water partition coefficient (Wildman–Crippen LogP) is 11.8. The summed E-state index contributed by atoms with van der Waals surface area (Å²) in [5.74, 6) is 0.722. The first-order chi connectivity index (χ1) is 23.0. The highest BCUT2D eigenvalue weighted by atomic mass is 14.9. The third-order valence-electron chi connectivity index (χ3n) is 9.88. The average Bonchev–Trinajstić information content (AvgIpc) is 3.36. The molecule has 0 aliphatic heterocycles. The van der Waals surface area contributed by atoms with Crippen molar-refractivity contribution in [3.05, 3.63) is 169 Å². The summed E-state index contributed by atoms with van der Waals surface area (Å²) in [5.41, 5.74) is 12.8. The van der Waals surface area contributed by atoms with Gasteiger partial charge in [0.25, 0.3) is 0 Å². The third kappa shape index (κ3) is 4.56. The minimum atomic E-state index is -0.0264. The zero-order valence-electron chi connectivity index (χ0n) is 26.4. The van der Waals surface area contributed by atoms with Gasteiger partial charge >= 0.3 is 0 Å². The van der Waals surface area contributed by atoms with Crippen molar-refractivity contribution < 1.29 is 0 Å². The molecule has 0 atom stereocenters. The van der Waals surface area contributed by atoms with Crippen LogP contribution in [0.15, 0.2) is 158 Å². The molecule has 0 amide bonds. The number of rotatable bonds is 4. The summed E-state index contributed by atoms with van der Waals surface area (Å²) in [6.07, 6.45) is 0. The van der Waals surface area contributed by atoms with Crippen LogP contribution in [-0.2, 0) is 5.41 Å². The standard InChI is InChI=1S/C45H32N2/c1-45(2)40-16-10-9-15-36(40)39-27-38-34(26-41(39)45)23-19-31-20-24-35(25-37(31)38)43-28-42(46-44(47-43)33-13-7-4-8-14-33)32-21-17-30(18-22-32)29-11-5-3-6-12-29/h3-28H,1-2H3. The van der Waals surface area contributed by atoms with Crippen molar-refractivity contribution in [3.8, 4) is 56.2 Å². The lowest BCUT2D eigenvalue weighted by molar-refractivity contribution is 0.661. The largest absolute Gasteiger partial charge is 0.228 e. The van der Waals surface area contributed by atoms with Crippen molar-refractivity contribution in [2.45, 2.75) is 19.3 Å². The van der Waals surface area contributed by atoms with E-state index in [2.05, 4.69) is 147 Å². The quantitative estimate of drug-likeness (QED) is 0.188. The molecule has 47 heavy (non-hydrogen) atoms. The first kappa shape index (κ1) is 27.5. The van der Waals surface area contributed by atoms with E-state index in [1.54, 1.807) is 0 Å². The second kappa shape index (κ2) is 10.6. The molecule has 2 nitrogen and oxygen atoms in total. The summed E-state index contributed by atoms with van der Waals surface area (Å²) in [4.78, 5) is 10.2. The van der Waals surface area contributed by atoms with Crippen LogP contribution in [-0.4, -0.2) is 9.97 Å². The number of benzene rings is 7. The molecule has 1 aliphatic carbocycles. The Balaban J connectivity index is 1.21. The first-order valence-electron chi connectivity index (χ1n) is 16.2. The first-order valence-corrected chi connectivity index (χ1v) is 16.2. The lowest BCUT2D eigenvalue weighted by atomic mass is 9.81. The molecule has 0 N–H and O–H groups in total. The molecule has 1 heterocycles. The highest BCUT2D eigenvalue weighted by Crippen LogP contribution is 2.50. The zero-order valence-corrected chi connectivity index (χ0v) is 26.4. The van der Waals surface area contributed by atoms with Crippen LogP contribution in [0.3, 0.4) is 0 Å². The highest BCUT2D eigenvalue weighted by Gasteiger charge is 2.35. The van der Waals surface area contributed by atoms with Gasteiger partial charge in [-0.1, -0.05) is 147 Å². The van der Waals surface area contributed by atoms with Crippen molar-refractivity contribution in [1.82, 2.24) is 9.97 Å². The van der Waals surface area contributed by atoms with E-state index < -0.39 is 0 Å². The Morgan fingerprint density at radius 2 is 0.936 bits per heavy atom. The maximum atomic E-state index is 5.15. The van der Waals surface area contributed by atoms with Gasteiger partial charge in [0.15, 0.2) is 5.82 Å². The Hall–Kier alpha value is -5.86. The molecule has 2 heteroatoms. The van der Waals surface area contributed by atoms with E-state index in [-0.39, 0.29) is 5.41 Å². The van der Waals surface area contributed by atoms with Gasteiger partial charge in [0.1, 0.15) is 0 Å². The molecule has 0 spiro atoms. The Morgan fingerprint density at radius 3 is 1.70 bits per heavy atom. The molecule has 0 fully saturated rings. The molecule has 0 saturated carbocycles. The summed E-state index contributed by atoms with van der Waals surface area (Å²) in [6, 6.07) is 56.5. The fourth-order valence-electron chi connectivity index (χ4n) is 7.33. The van der Waals surface area contributed by atoms with Gasteiger partial charge in [-0.3, -0.25) is 0 Å². The Bertz CT molecular complexity index is 2460. The number of hydrogen-bond donors (Lipinski definition) is 0. The predicted molar refractivity (Wildman–Crippen MR) is 196 cm³/mol. The smallest absolute Gasteiger partial charge is 0.160 e. The minimum absolute atomic E-state index is 0.0264. The van der Waals surface area contributed by atoms with Crippen LogP contribution < -0.4 is 0 Å². The van der Waals surface area contributed by atoms with Gasteiger partial charge in [-0.25, -0.2) is 9.97 Å². The zero-order chi connectivity index (χ0) is 31.5. The van der Waals surface area contributed by atoms with Crippen LogP contribution in [0.25, 0.3) is 77.7 Å². The molecule has 1 aliphatic rings. The molecular formula is C45H32N2. The molecule has 0 radical (unpaired) electrons. The topological polar surface area (TPSA) is 25.8 Å². The minimum Gasteiger partial charge on any atom is -0.228 e. The van der Waals surface area contributed by atoms with Gasteiger partial charge in [-0.05, 0) is 79.2 Å². The second-order valence-electron chi connectivity index (χ2n) is 13.1. The highest BCUT2D eigenvalue weighted by molar-refractivity contribution is 6.11. The van der Waals surface area contributed by atoms with Crippen molar-refractivity contribution >= 4 is 21.5 Å². The third-order valence-corrected chi connectivity index (χ3v) is 9.88. The summed E-state index contributed by atoms with van der Waals surface area (Å²) < 4.78 is 0. The summed E-state index contributed by atoms with van der Waals surface area (Å²) in [5, 5.41) is 4.99. The van der Waals surface area contributed by atoms with Crippen LogP contribution in [0.2, 0.25) is 0 Å².